The van der Waals surface area contributed by atoms with E-state index >= 15 is 0 Å². The molecule has 5 nitrogen and oxygen atoms in total. The van der Waals surface area contributed by atoms with Crippen LogP contribution in [0.15, 0.2) is 54.6 Å². The first kappa shape index (κ1) is 20.9. The topological polar surface area (TPSA) is 58.6 Å². The standard InChI is InChI=1S/C24H30N2O3/c1-17(2)29-22-12-8-7-11-21(22)25-23(27)18-13-15-19(16-14-18)24(28)26(3)20-9-5-4-6-10-20/h4-12,17-19H,13-16H2,1-3H3,(H,25,27). The summed E-state index contributed by atoms with van der Waals surface area (Å²) in [6, 6.07) is 17.2. The molecule has 0 aliphatic heterocycles. The summed E-state index contributed by atoms with van der Waals surface area (Å²) in [7, 11) is 1.82. The predicted molar refractivity (Wildman–Crippen MR) is 116 cm³/mol. The number of para-hydroxylation sites is 3. The molecule has 29 heavy (non-hydrogen) atoms. The fourth-order valence-corrected chi connectivity index (χ4v) is 3.82. The summed E-state index contributed by atoms with van der Waals surface area (Å²) in [6.07, 6.45) is 2.95. The molecular formula is C24H30N2O3. The highest BCUT2D eigenvalue weighted by Crippen LogP contribution is 2.33. The first-order valence-electron chi connectivity index (χ1n) is 10.3. The van der Waals surface area contributed by atoms with Gasteiger partial charge in [-0.05, 0) is 63.8 Å². The Bertz CT molecular complexity index is 827. The quantitative estimate of drug-likeness (QED) is 0.759. The number of hydrogen-bond acceptors (Lipinski definition) is 3. The number of amides is 2. The van der Waals surface area contributed by atoms with Crippen molar-refractivity contribution in [3.8, 4) is 5.75 Å². The van der Waals surface area contributed by atoms with E-state index in [2.05, 4.69) is 5.32 Å². The van der Waals surface area contributed by atoms with Crippen LogP contribution in [0.4, 0.5) is 11.4 Å². The van der Waals surface area contributed by atoms with Gasteiger partial charge in [0.25, 0.3) is 0 Å². The molecule has 0 unspecified atom stereocenters. The summed E-state index contributed by atoms with van der Waals surface area (Å²) in [5, 5.41) is 3.02. The fraction of sp³-hybridized carbons (Fsp3) is 0.417. The Balaban J connectivity index is 1.55. The van der Waals surface area contributed by atoms with Gasteiger partial charge in [-0.2, -0.15) is 0 Å². The number of carbonyl (C=O) groups is 2. The van der Waals surface area contributed by atoms with Crippen LogP contribution in [0.3, 0.4) is 0 Å². The second kappa shape index (κ2) is 9.59. The zero-order chi connectivity index (χ0) is 20.8. The van der Waals surface area contributed by atoms with Crippen LogP contribution in [0, 0.1) is 11.8 Å². The number of rotatable bonds is 6. The van der Waals surface area contributed by atoms with Gasteiger partial charge in [-0.3, -0.25) is 9.59 Å². The Morgan fingerprint density at radius 3 is 2.17 bits per heavy atom. The van der Waals surface area contributed by atoms with Gasteiger partial charge in [0.15, 0.2) is 0 Å². The Labute approximate surface area is 173 Å². The molecule has 0 spiro atoms. The molecular weight excluding hydrogens is 364 g/mol. The third kappa shape index (κ3) is 5.37. The minimum Gasteiger partial charge on any atom is -0.489 e. The highest BCUT2D eigenvalue weighted by atomic mass is 16.5. The van der Waals surface area contributed by atoms with Crippen LogP contribution >= 0.6 is 0 Å². The Hall–Kier alpha value is -2.82. The van der Waals surface area contributed by atoms with Crippen LogP contribution in [0.5, 0.6) is 5.75 Å². The maximum atomic E-state index is 12.8. The molecule has 154 valence electrons. The van der Waals surface area contributed by atoms with E-state index in [0.29, 0.717) is 11.4 Å². The Morgan fingerprint density at radius 2 is 1.52 bits per heavy atom. The van der Waals surface area contributed by atoms with Crippen molar-refractivity contribution in [1.29, 1.82) is 0 Å². The minimum absolute atomic E-state index is 0.00659. The lowest BCUT2D eigenvalue weighted by Crippen LogP contribution is -2.36. The number of nitrogens with one attached hydrogen (secondary N) is 1. The SMILES string of the molecule is CC(C)Oc1ccccc1NC(=O)C1CCC(C(=O)N(C)c2ccccc2)CC1. The van der Waals surface area contributed by atoms with Crippen LogP contribution in [0.1, 0.15) is 39.5 Å². The van der Waals surface area contributed by atoms with Gasteiger partial charge in [-0.15, -0.1) is 0 Å². The zero-order valence-electron chi connectivity index (χ0n) is 17.4. The Morgan fingerprint density at radius 1 is 0.931 bits per heavy atom. The first-order chi connectivity index (χ1) is 14.0. The molecule has 1 N–H and O–H groups in total. The molecule has 1 saturated carbocycles. The van der Waals surface area contributed by atoms with Crippen molar-refractivity contribution in [3.05, 3.63) is 54.6 Å². The molecule has 2 aromatic rings. The van der Waals surface area contributed by atoms with Crippen molar-refractivity contribution in [2.75, 3.05) is 17.3 Å². The normalized spacial score (nSPS) is 18.9. The van der Waals surface area contributed by atoms with Crippen LogP contribution in [-0.4, -0.2) is 25.0 Å². The molecule has 0 bridgehead atoms. The summed E-state index contributed by atoms with van der Waals surface area (Å²) in [5.41, 5.74) is 1.60. The van der Waals surface area contributed by atoms with Gasteiger partial charge in [0.05, 0.1) is 11.8 Å². The van der Waals surface area contributed by atoms with Crippen LogP contribution in [-0.2, 0) is 9.59 Å². The third-order valence-corrected chi connectivity index (χ3v) is 5.43. The van der Waals surface area contributed by atoms with Crippen LogP contribution in [0.25, 0.3) is 0 Å². The number of nitrogens with zero attached hydrogens (tertiary/aromatic N) is 1. The summed E-state index contributed by atoms with van der Waals surface area (Å²) >= 11 is 0. The van der Waals surface area contributed by atoms with Crippen molar-refractivity contribution in [3.63, 3.8) is 0 Å². The van der Waals surface area contributed by atoms with Crippen LogP contribution < -0.4 is 15.0 Å². The first-order valence-corrected chi connectivity index (χ1v) is 10.3. The number of carbonyl (C=O) groups excluding carboxylic acids is 2. The monoisotopic (exact) mass is 394 g/mol. The van der Waals surface area contributed by atoms with Crippen molar-refractivity contribution in [2.45, 2.75) is 45.6 Å². The van der Waals surface area contributed by atoms with Gasteiger partial charge in [0.1, 0.15) is 5.75 Å². The lowest BCUT2D eigenvalue weighted by atomic mass is 9.81. The molecule has 5 heteroatoms. The largest absolute Gasteiger partial charge is 0.489 e. The minimum atomic E-state index is -0.0758. The molecule has 1 fully saturated rings. The van der Waals surface area contributed by atoms with Crippen molar-refractivity contribution >= 4 is 23.2 Å². The fourth-order valence-electron chi connectivity index (χ4n) is 3.82. The van der Waals surface area contributed by atoms with E-state index in [0.717, 1.165) is 31.4 Å². The molecule has 1 aliphatic rings. The number of hydrogen-bond donors (Lipinski definition) is 1. The average Bonchev–Trinajstić information content (AvgIpc) is 2.74. The van der Waals surface area contributed by atoms with Gasteiger partial charge in [-0.1, -0.05) is 30.3 Å². The number of anilines is 2. The lowest BCUT2D eigenvalue weighted by Gasteiger charge is -2.30. The highest BCUT2D eigenvalue weighted by molar-refractivity contribution is 5.96. The highest BCUT2D eigenvalue weighted by Gasteiger charge is 2.32. The second-order valence-corrected chi connectivity index (χ2v) is 7.93. The van der Waals surface area contributed by atoms with E-state index in [1.165, 1.54) is 0 Å². The molecule has 2 aromatic carbocycles. The van der Waals surface area contributed by atoms with Crippen molar-refractivity contribution < 1.29 is 14.3 Å². The van der Waals surface area contributed by atoms with Gasteiger partial charge in [0.2, 0.25) is 11.8 Å². The molecule has 0 heterocycles. The van der Waals surface area contributed by atoms with E-state index in [4.69, 9.17) is 4.74 Å². The molecule has 0 aromatic heterocycles. The van der Waals surface area contributed by atoms with Gasteiger partial charge < -0.3 is 15.0 Å². The van der Waals surface area contributed by atoms with E-state index < -0.39 is 0 Å². The van der Waals surface area contributed by atoms with Crippen molar-refractivity contribution in [2.24, 2.45) is 11.8 Å². The van der Waals surface area contributed by atoms with Gasteiger partial charge >= 0.3 is 0 Å². The second-order valence-electron chi connectivity index (χ2n) is 7.93. The smallest absolute Gasteiger partial charge is 0.229 e. The Kier molecular flexibility index (Phi) is 6.91. The molecule has 2 amide bonds. The van der Waals surface area contributed by atoms with E-state index in [1.54, 1.807) is 4.90 Å². The zero-order valence-corrected chi connectivity index (χ0v) is 17.4. The summed E-state index contributed by atoms with van der Waals surface area (Å²) in [5.74, 6) is 0.719. The molecule has 3 rings (SSSR count). The summed E-state index contributed by atoms with van der Waals surface area (Å²) < 4.78 is 5.79. The molecule has 1 aliphatic carbocycles. The predicted octanol–water partition coefficient (Wildman–Crippen LogP) is 4.88. The third-order valence-electron chi connectivity index (χ3n) is 5.43. The summed E-state index contributed by atoms with van der Waals surface area (Å²) in [4.78, 5) is 27.3. The number of benzene rings is 2. The van der Waals surface area contributed by atoms with Crippen LogP contribution in [0.2, 0.25) is 0 Å². The average molecular weight is 395 g/mol. The molecule has 0 saturated heterocycles. The van der Waals surface area contributed by atoms with E-state index in [1.807, 2.05) is 75.5 Å². The van der Waals surface area contributed by atoms with Crippen molar-refractivity contribution in [1.82, 2.24) is 0 Å². The molecule has 0 atom stereocenters. The lowest BCUT2D eigenvalue weighted by molar-refractivity contribution is -0.126. The maximum Gasteiger partial charge on any atom is 0.229 e. The summed E-state index contributed by atoms with van der Waals surface area (Å²) in [6.45, 7) is 3.92. The van der Waals surface area contributed by atoms with Gasteiger partial charge in [0, 0.05) is 24.6 Å². The van der Waals surface area contributed by atoms with Gasteiger partial charge in [-0.25, -0.2) is 0 Å². The van der Waals surface area contributed by atoms with E-state index in [9.17, 15) is 9.59 Å². The number of ether oxygens (including phenoxy) is 1. The maximum absolute atomic E-state index is 12.8. The molecule has 0 radical (unpaired) electrons. The van der Waals surface area contributed by atoms with E-state index in [-0.39, 0.29) is 29.8 Å².